The number of aryl methyl sites for hydroxylation is 1. The Bertz CT molecular complexity index is 325. The first-order valence-corrected chi connectivity index (χ1v) is 3.77. The third-order valence-corrected chi connectivity index (χ3v) is 1.52. The number of hydrogen-bond donors (Lipinski definition) is 1. The van der Waals surface area contributed by atoms with E-state index in [4.69, 9.17) is 10.5 Å². The molecule has 2 N–H and O–H groups in total. The fourth-order valence-corrected chi connectivity index (χ4v) is 0.878. The van der Waals surface area contributed by atoms with Crippen LogP contribution in [0.25, 0.3) is 0 Å². The van der Waals surface area contributed by atoms with E-state index >= 15 is 0 Å². The van der Waals surface area contributed by atoms with E-state index in [1.165, 1.54) is 12.1 Å². The monoisotopic (exact) mass is 183 g/mol. The highest BCUT2D eigenvalue weighted by molar-refractivity contribution is 5.75. The van der Waals surface area contributed by atoms with Gasteiger partial charge in [-0.1, -0.05) is 6.07 Å². The summed E-state index contributed by atoms with van der Waals surface area (Å²) in [7, 11) is 0. The largest absolute Gasteiger partial charge is 0.483 e. The number of primary amides is 1. The van der Waals surface area contributed by atoms with Gasteiger partial charge in [0, 0.05) is 6.07 Å². The van der Waals surface area contributed by atoms with Gasteiger partial charge in [-0.15, -0.1) is 0 Å². The highest BCUT2D eigenvalue weighted by Crippen LogP contribution is 2.18. The van der Waals surface area contributed by atoms with Crippen LogP contribution >= 0.6 is 0 Å². The van der Waals surface area contributed by atoms with Gasteiger partial charge in [0.15, 0.2) is 6.61 Å². The van der Waals surface area contributed by atoms with Crippen LogP contribution in [-0.4, -0.2) is 12.5 Å². The predicted octanol–water partition coefficient (Wildman–Crippen LogP) is 0.998. The molecular formula is C9H10FNO2. The summed E-state index contributed by atoms with van der Waals surface area (Å²) in [6.07, 6.45) is 0. The maximum atomic E-state index is 12.7. The fourth-order valence-electron chi connectivity index (χ4n) is 0.878. The molecule has 3 nitrogen and oxygen atoms in total. The molecule has 0 atom stereocenters. The van der Waals surface area contributed by atoms with Crippen LogP contribution in [0.1, 0.15) is 5.56 Å². The van der Waals surface area contributed by atoms with E-state index in [9.17, 15) is 9.18 Å². The number of rotatable bonds is 3. The summed E-state index contributed by atoms with van der Waals surface area (Å²) in [6.45, 7) is 1.53. The number of hydrogen-bond acceptors (Lipinski definition) is 2. The van der Waals surface area contributed by atoms with E-state index in [-0.39, 0.29) is 6.61 Å². The van der Waals surface area contributed by atoms with Crippen molar-refractivity contribution in [1.82, 2.24) is 0 Å². The summed E-state index contributed by atoms with van der Waals surface area (Å²) >= 11 is 0. The minimum Gasteiger partial charge on any atom is -0.483 e. The molecule has 0 unspecified atom stereocenters. The number of nitrogens with two attached hydrogens (primary N) is 1. The van der Waals surface area contributed by atoms with E-state index in [2.05, 4.69) is 0 Å². The number of carbonyl (C=O) groups excluding carboxylic acids is 1. The summed E-state index contributed by atoms with van der Waals surface area (Å²) in [5.74, 6) is -0.632. The molecule has 13 heavy (non-hydrogen) atoms. The molecule has 0 aliphatic rings. The maximum Gasteiger partial charge on any atom is 0.255 e. The topological polar surface area (TPSA) is 52.3 Å². The lowest BCUT2D eigenvalue weighted by molar-refractivity contribution is -0.119. The molecule has 1 amide bonds. The van der Waals surface area contributed by atoms with Crippen molar-refractivity contribution in [3.8, 4) is 5.75 Å². The zero-order chi connectivity index (χ0) is 9.84. The van der Waals surface area contributed by atoms with Crippen LogP contribution in [-0.2, 0) is 4.79 Å². The molecule has 4 heteroatoms. The fraction of sp³-hybridized carbons (Fsp3) is 0.222. The Kier molecular flexibility index (Phi) is 2.84. The molecule has 0 fully saturated rings. The molecule has 0 saturated heterocycles. The second kappa shape index (κ2) is 3.89. The minimum atomic E-state index is -0.580. The van der Waals surface area contributed by atoms with Crippen LogP contribution in [0.4, 0.5) is 4.39 Å². The van der Waals surface area contributed by atoms with E-state index in [0.717, 1.165) is 5.56 Å². The third kappa shape index (κ3) is 2.74. The molecule has 0 aliphatic carbocycles. The Hall–Kier alpha value is -1.58. The summed E-state index contributed by atoms with van der Waals surface area (Å²) in [4.78, 5) is 10.4. The summed E-state index contributed by atoms with van der Waals surface area (Å²) in [5, 5.41) is 0. The lowest BCUT2D eigenvalue weighted by Gasteiger charge is -2.06. The highest BCUT2D eigenvalue weighted by Gasteiger charge is 2.02. The Balaban J connectivity index is 2.75. The first kappa shape index (κ1) is 9.51. The molecule has 0 radical (unpaired) electrons. The van der Waals surface area contributed by atoms with Crippen LogP contribution in [0, 0.1) is 12.7 Å². The van der Waals surface area contributed by atoms with Crippen molar-refractivity contribution in [2.24, 2.45) is 5.73 Å². The molecule has 0 aromatic heterocycles. The molecule has 0 heterocycles. The average Bonchev–Trinajstić information content (AvgIpc) is 2.06. The quantitative estimate of drug-likeness (QED) is 0.759. The van der Waals surface area contributed by atoms with Gasteiger partial charge in [-0.25, -0.2) is 4.39 Å². The molecule has 1 aromatic carbocycles. The Morgan fingerprint density at radius 2 is 2.31 bits per heavy atom. The van der Waals surface area contributed by atoms with Crippen molar-refractivity contribution in [2.75, 3.05) is 6.61 Å². The van der Waals surface area contributed by atoms with Crippen LogP contribution in [0.2, 0.25) is 0 Å². The number of ether oxygens (including phenoxy) is 1. The molecule has 1 aromatic rings. The molecule has 0 saturated carbocycles. The molecule has 0 aliphatic heterocycles. The summed E-state index contributed by atoms with van der Waals surface area (Å²) < 4.78 is 17.6. The van der Waals surface area contributed by atoms with E-state index in [1.807, 2.05) is 0 Å². The highest BCUT2D eigenvalue weighted by atomic mass is 19.1. The number of benzene rings is 1. The molecule has 70 valence electrons. The maximum absolute atomic E-state index is 12.7. The third-order valence-electron chi connectivity index (χ3n) is 1.52. The van der Waals surface area contributed by atoms with Gasteiger partial charge >= 0.3 is 0 Å². The lowest BCUT2D eigenvalue weighted by Crippen LogP contribution is -2.20. The first-order valence-electron chi connectivity index (χ1n) is 3.77. The van der Waals surface area contributed by atoms with E-state index < -0.39 is 11.7 Å². The van der Waals surface area contributed by atoms with E-state index in [1.54, 1.807) is 13.0 Å². The van der Waals surface area contributed by atoms with Gasteiger partial charge in [0.25, 0.3) is 5.91 Å². The Morgan fingerprint density at radius 3 is 2.92 bits per heavy atom. The van der Waals surface area contributed by atoms with Crippen LogP contribution in [0.5, 0.6) is 5.75 Å². The van der Waals surface area contributed by atoms with Crippen molar-refractivity contribution in [3.63, 3.8) is 0 Å². The normalized spacial score (nSPS) is 9.69. The Labute approximate surface area is 75.3 Å². The smallest absolute Gasteiger partial charge is 0.255 e. The standard InChI is InChI=1S/C9H10FNO2/c1-6-2-3-7(10)4-8(6)13-5-9(11)12/h2-4H,5H2,1H3,(H2,11,12). The van der Waals surface area contributed by atoms with Crippen molar-refractivity contribution < 1.29 is 13.9 Å². The molecular weight excluding hydrogens is 173 g/mol. The van der Waals surface area contributed by atoms with Gasteiger partial charge in [-0.05, 0) is 18.6 Å². The zero-order valence-electron chi connectivity index (χ0n) is 7.21. The number of amides is 1. The minimum absolute atomic E-state index is 0.232. The summed E-state index contributed by atoms with van der Waals surface area (Å²) in [5.41, 5.74) is 5.64. The van der Waals surface area contributed by atoms with Gasteiger partial charge in [0.2, 0.25) is 0 Å². The van der Waals surface area contributed by atoms with Gasteiger partial charge in [-0.2, -0.15) is 0 Å². The van der Waals surface area contributed by atoms with Crippen LogP contribution in [0.3, 0.4) is 0 Å². The second-order valence-corrected chi connectivity index (χ2v) is 2.66. The summed E-state index contributed by atoms with van der Waals surface area (Å²) in [6, 6.07) is 4.12. The predicted molar refractivity (Wildman–Crippen MR) is 45.8 cm³/mol. The van der Waals surface area contributed by atoms with Gasteiger partial charge in [0.05, 0.1) is 0 Å². The van der Waals surface area contributed by atoms with Crippen molar-refractivity contribution in [2.45, 2.75) is 6.92 Å². The van der Waals surface area contributed by atoms with Crippen LogP contribution in [0.15, 0.2) is 18.2 Å². The van der Waals surface area contributed by atoms with Crippen molar-refractivity contribution in [3.05, 3.63) is 29.6 Å². The average molecular weight is 183 g/mol. The SMILES string of the molecule is Cc1ccc(F)cc1OCC(N)=O. The lowest BCUT2D eigenvalue weighted by atomic mass is 10.2. The van der Waals surface area contributed by atoms with Crippen molar-refractivity contribution in [1.29, 1.82) is 0 Å². The zero-order valence-corrected chi connectivity index (χ0v) is 7.21. The van der Waals surface area contributed by atoms with Gasteiger partial charge < -0.3 is 10.5 Å². The Morgan fingerprint density at radius 1 is 1.62 bits per heavy atom. The molecule has 0 spiro atoms. The van der Waals surface area contributed by atoms with Gasteiger partial charge in [-0.3, -0.25) is 4.79 Å². The van der Waals surface area contributed by atoms with Crippen molar-refractivity contribution >= 4 is 5.91 Å². The van der Waals surface area contributed by atoms with E-state index in [0.29, 0.717) is 5.75 Å². The molecule has 1 rings (SSSR count). The second-order valence-electron chi connectivity index (χ2n) is 2.66. The molecule has 0 bridgehead atoms. The first-order chi connectivity index (χ1) is 6.09. The number of carbonyl (C=O) groups is 1. The van der Waals surface area contributed by atoms with Gasteiger partial charge in [0.1, 0.15) is 11.6 Å². The number of halogens is 1. The van der Waals surface area contributed by atoms with Crippen LogP contribution < -0.4 is 10.5 Å².